The summed E-state index contributed by atoms with van der Waals surface area (Å²) < 4.78 is 0. The minimum atomic E-state index is -0.206. The number of carbonyl (C=O) groups excluding carboxylic acids is 1. The molecule has 23 heavy (non-hydrogen) atoms. The summed E-state index contributed by atoms with van der Waals surface area (Å²) in [7, 11) is 0. The molecule has 1 amide bonds. The highest BCUT2D eigenvalue weighted by Crippen LogP contribution is 2.21. The lowest BCUT2D eigenvalue weighted by atomic mass is 10.1. The van der Waals surface area contributed by atoms with Gasteiger partial charge in [0, 0.05) is 17.8 Å². The van der Waals surface area contributed by atoms with Crippen LogP contribution >= 0.6 is 0 Å². The van der Waals surface area contributed by atoms with E-state index in [1.807, 2.05) is 24.3 Å². The zero-order valence-electron chi connectivity index (χ0n) is 13.4. The van der Waals surface area contributed by atoms with Crippen LogP contribution in [0.15, 0.2) is 36.7 Å². The Hall–Kier alpha value is -2.43. The average molecular weight is 310 g/mol. The quantitative estimate of drug-likeness (QED) is 0.884. The molecule has 1 saturated carbocycles. The minimum absolute atomic E-state index is 0.206. The summed E-state index contributed by atoms with van der Waals surface area (Å²) in [5.74, 6) is 0.517. The Bertz CT molecular complexity index is 680. The van der Waals surface area contributed by atoms with Gasteiger partial charge < -0.3 is 10.6 Å². The van der Waals surface area contributed by atoms with Gasteiger partial charge in [-0.25, -0.2) is 9.97 Å². The smallest absolute Gasteiger partial charge is 0.274 e. The molecule has 0 bridgehead atoms. The summed E-state index contributed by atoms with van der Waals surface area (Å²) >= 11 is 0. The Labute approximate surface area is 136 Å². The molecule has 3 rings (SSSR count). The van der Waals surface area contributed by atoms with Crippen LogP contribution < -0.4 is 10.6 Å². The number of hydrogen-bond acceptors (Lipinski definition) is 4. The van der Waals surface area contributed by atoms with E-state index in [0.717, 1.165) is 36.3 Å². The molecule has 0 unspecified atom stereocenters. The second kappa shape index (κ2) is 7.22. The lowest BCUT2D eigenvalue weighted by Crippen LogP contribution is -2.18. The van der Waals surface area contributed by atoms with Gasteiger partial charge >= 0.3 is 0 Å². The normalized spacial score (nSPS) is 14.7. The van der Waals surface area contributed by atoms with E-state index < -0.39 is 0 Å². The monoisotopic (exact) mass is 310 g/mol. The molecular formula is C18H22N4O. The largest absolute Gasteiger partial charge is 0.367 e. The van der Waals surface area contributed by atoms with Crippen molar-refractivity contribution in [1.82, 2.24) is 9.97 Å². The van der Waals surface area contributed by atoms with E-state index in [-0.39, 0.29) is 5.91 Å². The standard InChI is InChI=1S/C18H22N4O/c1-2-13-7-3-6-10-15(13)22-18(23)16-11-17(20-12-19-16)21-14-8-4-5-9-14/h3,6-7,10-12,14H,2,4-5,8-9H2,1H3,(H,22,23)(H,19,20,21). The first-order valence-corrected chi connectivity index (χ1v) is 8.24. The van der Waals surface area contributed by atoms with E-state index >= 15 is 0 Å². The van der Waals surface area contributed by atoms with Crippen molar-refractivity contribution < 1.29 is 4.79 Å². The Morgan fingerprint density at radius 2 is 2.00 bits per heavy atom. The summed E-state index contributed by atoms with van der Waals surface area (Å²) in [4.78, 5) is 20.8. The molecule has 0 radical (unpaired) electrons. The fraction of sp³-hybridized carbons (Fsp3) is 0.389. The maximum atomic E-state index is 12.4. The van der Waals surface area contributed by atoms with Crippen LogP contribution in [0.3, 0.4) is 0 Å². The van der Waals surface area contributed by atoms with Crippen LogP contribution in [-0.2, 0) is 6.42 Å². The van der Waals surface area contributed by atoms with E-state index in [9.17, 15) is 4.79 Å². The zero-order chi connectivity index (χ0) is 16.1. The summed E-state index contributed by atoms with van der Waals surface area (Å²) in [6.45, 7) is 2.07. The number of para-hydroxylation sites is 1. The van der Waals surface area contributed by atoms with Crippen molar-refractivity contribution in [3.63, 3.8) is 0 Å². The van der Waals surface area contributed by atoms with Crippen LogP contribution in [0, 0.1) is 0 Å². The number of aryl methyl sites for hydroxylation is 1. The van der Waals surface area contributed by atoms with Gasteiger partial charge in [-0.1, -0.05) is 38.0 Å². The van der Waals surface area contributed by atoms with Crippen molar-refractivity contribution in [3.8, 4) is 0 Å². The maximum Gasteiger partial charge on any atom is 0.274 e. The molecule has 1 aliphatic carbocycles. The Balaban J connectivity index is 1.71. The van der Waals surface area contributed by atoms with E-state index in [1.165, 1.54) is 19.2 Å². The lowest BCUT2D eigenvalue weighted by Gasteiger charge is -2.13. The summed E-state index contributed by atoms with van der Waals surface area (Å²) in [5, 5.41) is 6.33. The number of hydrogen-bond donors (Lipinski definition) is 2. The Morgan fingerprint density at radius 3 is 2.78 bits per heavy atom. The number of amides is 1. The number of anilines is 2. The van der Waals surface area contributed by atoms with Gasteiger partial charge in [0.05, 0.1) is 0 Å². The predicted molar refractivity (Wildman–Crippen MR) is 91.7 cm³/mol. The first-order valence-electron chi connectivity index (χ1n) is 8.24. The van der Waals surface area contributed by atoms with Gasteiger partial charge in [-0.3, -0.25) is 4.79 Å². The highest BCUT2D eigenvalue weighted by Gasteiger charge is 2.16. The van der Waals surface area contributed by atoms with Gasteiger partial charge in [-0.15, -0.1) is 0 Å². The number of nitrogens with zero attached hydrogens (tertiary/aromatic N) is 2. The number of carbonyl (C=O) groups is 1. The van der Waals surface area contributed by atoms with Crippen molar-refractivity contribution in [2.24, 2.45) is 0 Å². The van der Waals surface area contributed by atoms with Crippen molar-refractivity contribution in [2.75, 3.05) is 10.6 Å². The fourth-order valence-corrected chi connectivity index (χ4v) is 2.98. The number of aromatic nitrogens is 2. The molecular weight excluding hydrogens is 288 g/mol. The molecule has 1 aromatic carbocycles. The summed E-state index contributed by atoms with van der Waals surface area (Å²) in [5.41, 5.74) is 2.33. The Morgan fingerprint density at radius 1 is 1.22 bits per heavy atom. The first kappa shape index (κ1) is 15.5. The predicted octanol–water partition coefficient (Wildman–Crippen LogP) is 3.65. The van der Waals surface area contributed by atoms with Crippen LogP contribution in [0.25, 0.3) is 0 Å². The Kier molecular flexibility index (Phi) is 4.86. The fourth-order valence-electron chi connectivity index (χ4n) is 2.98. The topological polar surface area (TPSA) is 66.9 Å². The van der Waals surface area contributed by atoms with Gasteiger partial charge in [-0.2, -0.15) is 0 Å². The average Bonchev–Trinajstić information content (AvgIpc) is 3.08. The molecule has 0 saturated heterocycles. The molecule has 1 heterocycles. The van der Waals surface area contributed by atoms with E-state index in [4.69, 9.17) is 0 Å². The molecule has 120 valence electrons. The molecule has 0 atom stereocenters. The number of benzene rings is 1. The molecule has 5 heteroatoms. The van der Waals surface area contributed by atoms with Crippen molar-refractivity contribution in [3.05, 3.63) is 47.9 Å². The van der Waals surface area contributed by atoms with Crippen molar-refractivity contribution in [1.29, 1.82) is 0 Å². The third-order valence-electron chi connectivity index (χ3n) is 4.25. The van der Waals surface area contributed by atoms with Crippen LogP contribution in [-0.4, -0.2) is 21.9 Å². The first-order chi connectivity index (χ1) is 11.3. The van der Waals surface area contributed by atoms with Crippen molar-refractivity contribution >= 4 is 17.4 Å². The lowest BCUT2D eigenvalue weighted by molar-refractivity contribution is 0.102. The van der Waals surface area contributed by atoms with Gasteiger partial charge in [0.25, 0.3) is 5.91 Å². The highest BCUT2D eigenvalue weighted by molar-refractivity contribution is 6.03. The maximum absolute atomic E-state index is 12.4. The van der Waals surface area contributed by atoms with Crippen molar-refractivity contribution in [2.45, 2.75) is 45.1 Å². The second-order valence-corrected chi connectivity index (χ2v) is 5.88. The van der Waals surface area contributed by atoms with E-state index in [2.05, 4.69) is 27.5 Å². The van der Waals surface area contributed by atoms with Gasteiger partial charge in [0.1, 0.15) is 17.8 Å². The van der Waals surface area contributed by atoms with Crippen LogP contribution in [0.1, 0.15) is 48.7 Å². The molecule has 5 nitrogen and oxygen atoms in total. The zero-order valence-corrected chi connectivity index (χ0v) is 13.4. The minimum Gasteiger partial charge on any atom is -0.367 e. The molecule has 0 aliphatic heterocycles. The highest BCUT2D eigenvalue weighted by atomic mass is 16.1. The van der Waals surface area contributed by atoms with Crippen LogP contribution in [0.4, 0.5) is 11.5 Å². The molecule has 2 N–H and O–H groups in total. The molecule has 1 fully saturated rings. The number of rotatable bonds is 5. The van der Waals surface area contributed by atoms with Gasteiger partial charge in [0.2, 0.25) is 0 Å². The van der Waals surface area contributed by atoms with Crippen LogP contribution in [0.2, 0.25) is 0 Å². The molecule has 0 spiro atoms. The number of nitrogens with one attached hydrogen (secondary N) is 2. The van der Waals surface area contributed by atoms with Crippen LogP contribution in [0.5, 0.6) is 0 Å². The molecule has 1 aliphatic rings. The van der Waals surface area contributed by atoms with E-state index in [0.29, 0.717) is 11.7 Å². The molecule has 1 aromatic heterocycles. The van der Waals surface area contributed by atoms with Gasteiger partial charge in [0.15, 0.2) is 0 Å². The molecule has 2 aromatic rings. The second-order valence-electron chi connectivity index (χ2n) is 5.88. The third kappa shape index (κ3) is 3.86. The third-order valence-corrected chi connectivity index (χ3v) is 4.25. The summed E-state index contributed by atoms with van der Waals surface area (Å²) in [6.07, 6.45) is 7.14. The summed E-state index contributed by atoms with van der Waals surface area (Å²) in [6, 6.07) is 10.0. The van der Waals surface area contributed by atoms with Gasteiger partial charge in [-0.05, 0) is 30.9 Å². The van der Waals surface area contributed by atoms with E-state index in [1.54, 1.807) is 6.07 Å². The SMILES string of the molecule is CCc1ccccc1NC(=O)c1cc(NC2CCCC2)ncn1.